The zero-order valence-corrected chi connectivity index (χ0v) is 14.2. The minimum absolute atomic E-state index is 0.295. The molecular formula is C13H10F2N6O8. The normalized spacial score (nSPS) is 9.90. The second kappa shape index (κ2) is 8.46. The molecule has 0 saturated heterocycles. The highest BCUT2D eigenvalue weighted by molar-refractivity contribution is 5.67. The van der Waals surface area contributed by atoms with E-state index in [9.17, 15) is 49.2 Å². The fourth-order valence-electron chi connectivity index (χ4n) is 1.92. The van der Waals surface area contributed by atoms with Gasteiger partial charge in [0.25, 0.3) is 11.4 Å². The minimum Gasteiger partial charge on any atom is -0.393 e. The van der Waals surface area contributed by atoms with Crippen molar-refractivity contribution in [1.29, 1.82) is 0 Å². The Hall–Kier alpha value is -4.50. The highest BCUT2D eigenvalue weighted by Gasteiger charge is 2.26. The molecule has 2 aromatic carbocycles. The van der Waals surface area contributed by atoms with Gasteiger partial charge in [-0.15, -0.1) is 0 Å². The lowest BCUT2D eigenvalue weighted by Gasteiger charge is -2.03. The Morgan fingerprint density at radius 2 is 1.14 bits per heavy atom. The van der Waals surface area contributed by atoms with Gasteiger partial charge in [0.1, 0.15) is 11.4 Å². The minimum atomic E-state index is -1.20. The first-order chi connectivity index (χ1) is 13.3. The molecule has 0 radical (unpaired) electrons. The van der Waals surface area contributed by atoms with Gasteiger partial charge in [0, 0.05) is 11.6 Å². The summed E-state index contributed by atoms with van der Waals surface area (Å²) in [5, 5.41) is 41.3. The van der Waals surface area contributed by atoms with Gasteiger partial charge >= 0.3 is 11.4 Å². The Morgan fingerprint density at radius 1 is 0.724 bits per heavy atom. The molecule has 0 fully saturated rings. The summed E-state index contributed by atoms with van der Waals surface area (Å²) in [4.78, 5) is 37.4. The standard InChI is InChI=1S/C7H6FN3O4.C6H4FN3O4/c1-3-6(8)4(10(12)13)2-5(7(3)9)11(14)15;7-3-1-4(8)6(10(13)14)2-5(3)9(11)12/h2H,9H2,1H3;1-2H,8H2. The molecule has 0 amide bonds. The van der Waals surface area contributed by atoms with E-state index in [1.54, 1.807) is 0 Å². The lowest BCUT2D eigenvalue weighted by Crippen LogP contribution is -2.03. The highest BCUT2D eigenvalue weighted by Crippen LogP contribution is 2.33. The van der Waals surface area contributed by atoms with Crippen LogP contribution < -0.4 is 11.5 Å². The Morgan fingerprint density at radius 3 is 1.55 bits per heavy atom. The number of benzene rings is 2. The Balaban J connectivity index is 0.000000291. The number of nitro groups is 4. The smallest absolute Gasteiger partial charge is 0.312 e. The molecule has 29 heavy (non-hydrogen) atoms. The SMILES string of the molecule is Cc1c(N)c([N+](=O)[O-])cc([N+](=O)[O-])c1F.Nc1cc(F)c([N+](=O)[O-])cc1[N+](=O)[O-]. The van der Waals surface area contributed by atoms with Crippen LogP contribution >= 0.6 is 0 Å². The third-order valence-corrected chi connectivity index (χ3v) is 3.39. The summed E-state index contributed by atoms with van der Waals surface area (Å²) in [6, 6.07) is 1.55. The molecule has 0 bridgehead atoms. The first-order valence-corrected chi connectivity index (χ1v) is 7.04. The van der Waals surface area contributed by atoms with Crippen molar-refractivity contribution < 1.29 is 28.5 Å². The van der Waals surface area contributed by atoms with Crippen LogP contribution in [0.2, 0.25) is 0 Å². The van der Waals surface area contributed by atoms with Crippen LogP contribution in [0.5, 0.6) is 0 Å². The molecule has 0 aliphatic carbocycles. The number of nitrogen functional groups attached to an aromatic ring is 2. The van der Waals surface area contributed by atoms with Gasteiger partial charge in [-0.05, 0) is 6.92 Å². The number of hydrogen-bond donors (Lipinski definition) is 2. The van der Waals surface area contributed by atoms with Crippen molar-refractivity contribution in [2.75, 3.05) is 11.5 Å². The number of hydrogen-bond acceptors (Lipinski definition) is 10. The predicted octanol–water partition coefficient (Wildman–Crippen LogP) is 2.76. The van der Waals surface area contributed by atoms with Crippen molar-refractivity contribution in [1.82, 2.24) is 0 Å². The van der Waals surface area contributed by atoms with Gasteiger partial charge in [-0.2, -0.15) is 8.78 Å². The van der Waals surface area contributed by atoms with Crippen LogP contribution in [0.3, 0.4) is 0 Å². The quantitative estimate of drug-likeness (QED) is 0.420. The van der Waals surface area contributed by atoms with Gasteiger partial charge in [-0.25, -0.2) is 0 Å². The monoisotopic (exact) mass is 416 g/mol. The largest absolute Gasteiger partial charge is 0.393 e. The van der Waals surface area contributed by atoms with Gasteiger partial charge in [0.15, 0.2) is 0 Å². The molecule has 2 aromatic rings. The van der Waals surface area contributed by atoms with E-state index in [0.29, 0.717) is 18.2 Å². The zero-order valence-electron chi connectivity index (χ0n) is 14.2. The number of nitrogens with zero attached hydrogens (tertiary/aromatic N) is 4. The van der Waals surface area contributed by atoms with E-state index < -0.39 is 65.5 Å². The van der Waals surface area contributed by atoms with E-state index in [0.717, 1.165) is 6.92 Å². The van der Waals surface area contributed by atoms with E-state index in [2.05, 4.69) is 0 Å². The van der Waals surface area contributed by atoms with Gasteiger partial charge < -0.3 is 11.5 Å². The molecule has 0 atom stereocenters. The Labute approximate surface area is 157 Å². The van der Waals surface area contributed by atoms with Crippen LogP contribution in [0.4, 0.5) is 42.9 Å². The predicted molar refractivity (Wildman–Crippen MR) is 93.0 cm³/mol. The van der Waals surface area contributed by atoms with Crippen molar-refractivity contribution in [3.05, 3.63) is 75.9 Å². The molecule has 16 heteroatoms. The maximum Gasteiger partial charge on any atom is 0.312 e. The van der Waals surface area contributed by atoms with Crippen LogP contribution in [0.15, 0.2) is 18.2 Å². The van der Waals surface area contributed by atoms with Crippen molar-refractivity contribution in [2.24, 2.45) is 0 Å². The molecule has 0 aliphatic rings. The van der Waals surface area contributed by atoms with Gasteiger partial charge in [0.05, 0.1) is 31.8 Å². The van der Waals surface area contributed by atoms with Crippen LogP contribution in [0.25, 0.3) is 0 Å². The maximum atomic E-state index is 13.2. The van der Waals surface area contributed by atoms with E-state index in [-0.39, 0.29) is 5.56 Å². The molecule has 154 valence electrons. The molecule has 0 aromatic heterocycles. The highest BCUT2D eigenvalue weighted by atomic mass is 19.1. The summed E-state index contributed by atoms with van der Waals surface area (Å²) in [6.45, 7) is 1.14. The van der Waals surface area contributed by atoms with Crippen LogP contribution in [0.1, 0.15) is 5.56 Å². The van der Waals surface area contributed by atoms with E-state index in [1.807, 2.05) is 0 Å². The molecule has 0 saturated carbocycles. The van der Waals surface area contributed by atoms with Crippen LogP contribution in [-0.2, 0) is 0 Å². The van der Waals surface area contributed by atoms with Crippen LogP contribution in [0, 0.1) is 59.0 Å². The second-order valence-corrected chi connectivity index (χ2v) is 5.16. The summed E-state index contributed by atoms with van der Waals surface area (Å²) in [7, 11) is 0. The van der Waals surface area contributed by atoms with Crippen LogP contribution in [-0.4, -0.2) is 19.7 Å². The Kier molecular flexibility index (Phi) is 6.58. The number of nitrogens with two attached hydrogens (primary N) is 2. The molecule has 14 nitrogen and oxygen atoms in total. The fraction of sp³-hybridized carbons (Fsp3) is 0.0769. The van der Waals surface area contributed by atoms with Crippen molar-refractivity contribution >= 4 is 34.1 Å². The zero-order chi connectivity index (χ0) is 22.6. The number of anilines is 2. The molecule has 0 unspecified atom stereocenters. The molecule has 0 heterocycles. The summed E-state index contributed by atoms with van der Waals surface area (Å²) in [6.07, 6.45) is 0. The first kappa shape index (κ1) is 22.5. The molecule has 0 aliphatic heterocycles. The van der Waals surface area contributed by atoms with Crippen molar-refractivity contribution in [2.45, 2.75) is 6.92 Å². The summed E-state index contributed by atoms with van der Waals surface area (Å²) < 4.78 is 26.0. The van der Waals surface area contributed by atoms with Gasteiger partial charge in [-0.1, -0.05) is 0 Å². The number of nitro benzene ring substituents is 4. The average Bonchev–Trinajstić information content (AvgIpc) is 2.59. The molecular weight excluding hydrogens is 406 g/mol. The summed E-state index contributed by atoms with van der Waals surface area (Å²) in [5.74, 6) is -2.35. The number of halogens is 2. The fourth-order valence-corrected chi connectivity index (χ4v) is 1.92. The van der Waals surface area contributed by atoms with Gasteiger partial charge in [-0.3, -0.25) is 40.5 Å². The average molecular weight is 416 g/mol. The lowest BCUT2D eigenvalue weighted by atomic mass is 10.1. The van der Waals surface area contributed by atoms with Gasteiger partial charge in [0.2, 0.25) is 11.6 Å². The molecule has 0 spiro atoms. The topological polar surface area (TPSA) is 225 Å². The third-order valence-electron chi connectivity index (χ3n) is 3.39. The summed E-state index contributed by atoms with van der Waals surface area (Å²) >= 11 is 0. The lowest BCUT2D eigenvalue weighted by molar-refractivity contribution is -0.395. The Bertz CT molecular complexity index is 971. The molecule has 2 rings (SSSR count). The van der Waals surface area contributed by atoms with E-state index >= 15 is 0 Å². The van der Waals surface area contributed by atoms with Crippen molar-refractivity contribution in [3.63, 3.8) is 0 Å². The van der Waals surface area contributed by atoms with Crippen molar-refractivity contribution in [3.8, 4) is 0 Å². The van der Waals surface area contributed by atoms with E-state index in [4.69, 9.17) is 11.5 Å². The maximum absolute atomic E-state index is 13.2. The third kappa shape index (κ3) is 4.81. The molecule has 4 N–H and O–H groups in total. The summed E-state index contributed by atoms with van der Waals surface area (Å²) in [5.41, 5.74) is 5.93. The first-order valence-electron chi connectivity index (χ1n) is 7.04. The van der Waals surface area contributed by atoms with E-state index in [1.165, 1.54) is 0 Å². The number of rotatable bonds is 4. The second-order valence-electron chi connectivity index (χ2n) is 5.16.